The summed E-state index contributed by atoms with van der Waals surface area (Å²) in [5, 5.41) is 0. The van der Waals surface area contributed by atoms with Crippen LogP contribution in [0.2, 0.25) is 0 Å². The van der Waals surface area contributed by atoms with Crippen molar-refractivity contribution in [3.63, 3.8) is 0 Å². The molecule has 4 nitrogen and oxygen atoms in total. The van der Waals surface area contributed by atoms with E-state index >= 15 is 0 Å². The Kier molecular flexibility index (Phi) is 6.49. The molecule has 0 amide bonds. The van der Waals surface area contributed by atoms with Gasteiger partial charge in [0.05, 0.1) is 16.9 Å². The maximum Gasteiger partial charge on any atom is 0.206 e. The van der Waals surface area contributed by atoms with Gasteiger partial charge in [0, 0.05) is 5.41 Å². The zero-order valence-electron chi connectivity index (χ0n) is 19.6. The average molecular weight is 473 g/mol. The quantitative estimate of drug-likeness (QED) is 0.372. The van der Waals surface area contributed by atoms with Gasteiger partial charge in [-0.05, 0) is 72.2 Å². The predicted octanol–water partition coefficient (Wildman–Crippen LogP) is 6.99. The lowest BCUT2D eigenvalue weighted by atomic mass is 9.78. The first kappa shape index (κ1) is 23.6. The van der Waals surface area contributed by atoms with Crippen molar-refractivity contribution in [2.45, 2.75) is 30.6 Å². The van der Waals surface area contributed by atoms with Gasteiger partial charge in [0.25, 0.3) is 0 Å². The van der Waals surface area contributed by atoms with Gasteiger partial charge in [0.2, 0.25) is 9.84 Å². The van der Waals surface area contributed by atoms with Gasteiger partial charge in [-0.3, -0.25) is 0 Å². The van der Waals surface area contributed by atoms with Crippen molar-refractivity contribution in [2.24, 2.45) is 0 Å². The molecule has 0 radical (unpaired) electrons. The summed E-state index contributed by atoms with van der Waals surface area (Å²) in [6.45, 7) is 8.20. The highest BCUT2D eigenvalue weighted by molar-refractivity contribution is 7.95. The molecule has 5 heteroatoms. The zero-order chi connectivity index (χ0) is 24.3. The van der Waals surface area contributed by atoms with E-state index in [1.165, 1.54) is 5.56 Å². The average Bonchev–Trinajstić information content (AvgIpc) is 2.85. The molecule has 0 N–H and O–H groups in total. The lowest BCUT2D eigenvalue weighted by molar-refractivity contribution is 0.414. The number of methoxy groups -OCH3 is 1. The molecule has 0 saturated heterocycles. The molecule has 0 bridgehead atoms. The Balaban J connectivity index is 1.47. The second kappa shape index (κ2) is 9.35. The van der Waals surface area contributed by atoms with Gasteiger partial charge in [-0.1, -0.05) is 62.4 Å². The van der Waals surface area contributed by atoms with Crippen LogP contribution in [-0.4, -0.2) is 15.5 Å². The number of ether oxygens (including phenoxy) is 2. The van der Waals surface area contributed by atoms with Crippen molar-refractivity contribution < 1.29 is 17.9 Å². The van der Waals surface area contributed by atoms with E-state index in [0.717, 1.165) is 16.9 Å². The Morgan fingerprint density at radius 3 is 1.74 bits per heavy atom. The first-order chi connectivity index (χ1) is 16.2. The molecule has 0 spiro atoms. The number of hydrogen-bond donors (Lipinski definition) is 0. The van der Waals surface area contributed by atoms with E-state index in [1.807, 2.05) is 36.4 Å². The number of benzene rings is 3. The molecular formula is C29H28O4S. The monoisotopic (exact) mass is 472 g/mol. The molecule has 0 saturated carbocycles. The predicted molar refractivity (Wildman–Crippen MR) is 136 cm³/mol. The van der Waals surface area contributed by atoms with Crippen LogP contribution in [0.1, 0.15) is 31.4 Å². The lowest BCUT2D eigenvalue weighted by Gasteiger charge is -2.26. The standard InChI is InChI=1S/C29H28O4S/c1-21-5-17-27(18-6-21)34(30,31)28-19-15-26(16-20-28)33-25-13-9-23(10-14-25)29(2,3)22-7-11-24(32-4)12-8-22/h5,7-20H,1,6H2,2-4H3. The summed E-state index contributed by atoms with van der Waals surface area (Å²) in [6, 6.07) is 22.5. The highest BCUT2D eigenvalue weighted by atomic mass is 32.2. The van der Waals surface area contributed by atoms with Gasteiger partial charge >= 0.3 is 0 Å². The number of rotatable bonds is 7. The molecule has 0 aromatic heterocycles. The maximum atomic E-state index is 12.9. The third-order valence-corrected chi connectivity index (χ3v) is 7.93. The van der Waals surface area contributed by atoms with E-state index in [9.17, 15) is 8.42 Å². The van der Waals surface area contributed by atoms with Crippen LogP contribution in [-0.2, 0) is 15.3 Å². The smallest absolute Gasteiger partial charge is 0.206 e. The second-order valence-electron chi connectivity index (χ2n) is 8.76. The van der Waals surface area contributed by atoms with Crippen LogP contribution < -0.4 is 9.47 Å². The molecule has 1 aliphatic rings. The van der Waals surface area contributed by atoms with Gasteiger partial charge in [-0.15, -0.1) is 0 Å². The fourth-order valence-corrected chi connectivity index (χ4v) is 5.16. The van der Waals surface area contributed by atoms with Crippen molar-refractivity contribution in [3.05, 3.63) is 119 Å². The normalized spacial score (nSPS) is 14.0. The molecule has 3 aromatic carbocycles. The molecule has 34 heavy (non-hydrogen) atoms. The van der Waals surface area contributed by atoms with E-state index in [-0.39, 0.29) is 10.3 Å². The van der Waals surface area contributed by atoms with Crippen LogP contribution in [0.3, 0.4) is 0 Å². The molecule has 174 valence electrons. The number of hydrogen-bond acceptors (Lipinski definition) is 4. The van der Waals surface area contributed by atoms with E-state index in [2.05, 4.69) is 32.6 Å². The Bertz CT molecular complexity index is 1340. The first-order valence-electron chi connectivity index (χ1n) is 11.0. The third kappa shape index (κ3) is 4.85. The van der Waals surface area contributed by atoms with Crippen LogP contribution in [0.25, 0.3) is 0 Å². The van der Waals surface area contributed by atoms with Crippen LogP contribution >= 0.6 is 0 Å². The minimum Gasteiger partial charge on any atom is -0.497 e. The lowest BCUT2D eigenvalue weighted by Crippen LogP contribution is -2.18. The molecule has 0 fully saturated rings. The van der Waals surface area contributed by atoms with Crippen molar-refractivity contribution in [1.29, 1.82) is 0 Å². The highest BCUT2D eigenvalue weighted by Gasteiger charge is 2.23. The summed E-state index contributed by atoms with van der Waals surface area (Å²) in [5.41, 5.74) is 3.05. The maximum absolute atomic E-state index is 12.9. The number of allylic oxidation sites excluding steroid dienone is 4. The molecule has 0 atom stereocenters. The number of sulfone groups is 1. The van der Waals surface area contributed by atoms with Crippen molar-refractivity contribution in [3.8, 4) is 17.2 Å². The summed E-state index contributed by atoms with van der Waals surface area (Å²) in [5.74, 6) is 2.09. The fraction of sp³-hybridized carbons (Fsp3) is 0.172. The van der Waals surface area contributed by atoms with E-state index < -0.39 is 9.84 Å². The van der Waals surface area contributed by atoms with Gasteiger partial charge < -0.3 is 9.47 Å². The minimum atomic E-state index is -3.56. The Hall–Kier alpha value is -3.57. The molecule has 0 heterocycles. The fourth-order valence-electron chi connectivity index (χ4n) is 3.84. The summed E-state index contributed by atoms with van der Waals surface area (Å²) >= 11 is 0. The van der Waals surface area contributed by atoms with Gasteiger partial charge in [-0.2, -0.15) is 0 Å². The summed E-state index contributed by atoms with van der Waals surface area (Å²) in [7, 11) is -1.90. The molecular weight excluding hydrogens is 444 g/mol. The van der Waals surface area contributed by atoms with Crippen molar-refractivity contribution >= 4 is 9.84 Å². The third-order valence-electron chi connectivity index (χ3n) is 6.12. The largest absolute Gasteiger partial charge is 0.497 e. The van der Waals surface area contributed by atoms with Crippen LogP contribution in [0, 0.1) is 0 Å². The topological polar surface area (TPSA) is 52.6 Å². The van der Waals surface area contributed by atoms with Gasteiger partial charge in [-0.25, -0.2) is 8.42 Å². The summed E-state index contributed by atoms with van der Waals surface area (Å²) in [4.78, 5) is 0.531. The van der Waals surface area contributed by atoms with Gasteiger partial charge in [0.1, 0.15) is 17.2 Å². The zero-order valence-corrected chi connectivity index (χ0v) is 20.4. The van der Waals surface area contributed by atoms with E-state index in [1.54, 1.807) is 49.6 Å². The molecule has 3 aromatic rings. The molecule has 0 unspecified atom stereocenters. The molecule has 4 rings (SSSR count). The summed E-state index contributed by atoms with van der Waals surface area (Å²) in [6.07, 6.45) is 5.57. The van der Waals surface area contributed by atoms with Crippen molar-refractivity contribution in [2.75, 3.05) is 7.11 Å². The van der Waals surface area contributed by atoms with E-state index in [0.29, 0.717) is 22.8 Å². The Morgan fingerprint density at radius 1 is 0.765 bits per heavy atom. The van der Waals surface area contributed by atoms with Crippen LogP contribution in [0.15, 0.2) is 113 Å². The minimum absolute atomic E-state index is 0.185. The van der Waals surface area contributed by atoms with Crippen molar-refractivity contribution in [1.82, 2.24) is 0 Å². The van der Waals surface area contributed by atoms with Gasteiger partial charge in [0.15, 0.2) is 0 Å². The van der Waals surface area contributed by atoms with E-state index in [4.69, 9.17) is 9.47 Å². The Morgan fingerprint density at radius 2 is 1.26 bits per heavy atom. The first-order valence-corrected chi connectivity index (χ1v) is 12.5. The molecule has 1 aliphatic carbocycles. The SMILES string of the molecule is C=C1C=CC(S(=O)(=O)c2ccc(Oc3ccc(C(C)(C)c4ccc(OC)cc4)cc3)cc2)=CC1. The van der Waals surface area contributed by atoms with Crippen LogP contribution in [0.5, 0.6) is 17.2 Å². The second-order valence-corrected chi connectivity index (χ2v) is 10.7. The summed E-state index contributed by atoms with van der Waals surface area (Å²) < 4.78 is 36.9. The highest BCUT2D eigenvalue weighted by Crippen LogP contribution is 2.34. The molecule has 0 aliphatic heterocycles. The Labute approximate surface area is 201 Å². The van der Waals surface area contributed by atoms with Crippen LogP contribution in [0.4, 0.5) is 0 Å².